The zero-order valence-corrected chi connectivity index (χ0v) is 17.6. The molecule has 1 aliphatic heterocycles. The lowest BCUT2D eigenvalue weighted by atomic mass is 9.79. The normalized spacial score (nSPS) is 17.7. The van der Waals surface area contributed by atoms with E-state index in [2.05, 4.69) is 10.6 Å². The van der Waals surface area contributed by atoms with E-state index < -0.39 is 41.1 Å². The number of alkyl halides is 3. The van der Waals surface area contributed by atoms with Gasteiger partial charge in [0.05, 0.1) is 21.8 Å². The molecule has 2 aromatic rings. The Bertz CT molecular complexity index is 951. The van der Waals surface area contributed by atoms with Crippen LogP contribution < -0.4 is 16.1 Å². The Hall–Kier alpha value is -2.23. The number of amides is 2. The van der Waals surface area contributed by atoms with Crippen molar-refractivity contribution in [1.82, 2.24) is 0 Å². The zero-order chi connectivity index (χ0) is 22.3. The maximum absolute atomic E-state index is 13.0. The maximum Gasteiger partial charge on any atom is 0.494 e. The monoisotopic (exact) mass is 440 g/mol. The number of rotatable bonds is 3. The summed E-state index contributed by atoms with van der Waals surface area (Å²) >= 11 is 5.59. The van der Waals surface area contributed by atoms with Crippen LogP contribution in [0.5, 0.6) is 0 Å². The number of urea groups is 1. The third kappa shape index (κ3) is 4.74. The first-order valence-corrected chi connectivity index (χ1v) is 9.57. The lowest BCUT2D eigenvalue weighted by molar-refractivity contribution is -0.137. The van der Waals surface area contributed by atoms with Gasteiger partial charge in [-0.3, -0.25) is 0 Å². The smallest absolute Gasteiger partial charge is 0.399 e. The maximum atomic E-state index is 13.0. The summed E-state index contributed by atoms with van der Waals surface area (Å²) in [6, 6.07) is 9.32. The molecule has 10 heteroatoms. The molecule has 30 heavy (non-hydrogen) atoms. The van der Waals surface area contributed by atoms with Gasteiger partial charge in [0.2, 0.25) is 0 Å². The molecule has 0 atom stereocenters. The van der Waals surface area contributed by atoms with Gasteiger partial charge in [-0.2, -0.15) is 13.2 Å². The van der Waals surface area contributed by atoms with Gasteiger partial charge < -0.3 is 19.9 Å². The first kappa shape index (κ1) is 22.5. The summed E-state index contributed by atoms with van der Waals surface area (Å²) < 4.78 is 50.9. The second kappa shape index (κ2) is 7.79. The van der Waals surface area contributed by atoms with Crippen LogP contribution in [0.25, 0.3) is 0 Å². The van der Waals surface area contributed by atoms with E-state index >= 15 is 0 Å². The summed E-state index contributed by atoms with van der Waals surface area (Å²) in [5, 5.41) is 4.53. The van der Waals surface area contributed by atoms with Gasteiger partial charge in [-0.05, 0) is 63.5 Å². The Morgan fingerprint density at radius 3 is 2.10 bits per heavy atom. The first-order chi connectivity index (χ1) is 13.8. The first-order valence-electron chi connectivity index (χ1n) is 9.19. The molecule has 2 N–H and O–H groups in total. The second-order valence-corrected chi connectivity index (χ2v) is 8.39. The molecule has 0 aromatic heterocycles. The average Bonchev–Trinajstić information content (AvgIpc) is 2.83. The Morgan fingerprint density at radius 1 is 0.967 bits per heavy atom. The highest BCUT2D eigenvalue weighted by atomic mass is 35.5. The molecule has 3 rings (SSSR count). The van der Waals surface area contributed by atoms with Crippen molar-refractivity contribution in [2.75, 3.05) is 10.6 Å². The van der Waals surface area contributed by atoms with E-state index in [1.165, 1.54) is 6.07 Å². The highest BCUT2D eigenvalue weighted by Crippen LogP contribution is 2.37. The average molecular weight is 441 g/mol. The van der Waals surface area contributed by atoms with E-state index in [4.69, 9.17) is 20.9 Å². The predicted molar refractivity (Wildman–Crippen MR) is 111 cm³/mol. The second-order valence-electron chi connectivity index (χ2n) is 7.99. The van der Waals surface area contributed by atoms with Crippen LogP contribution in [0.2, 0.25) is 5.02 Å². The molecule has 0 radical (unpaired) electrons. The number of anilines is 2. The van der Waals surface area contributed by atoms with Gasteiger partial charge in [-0.1, -0.05) is 23.7 Å². The summed E-state index contributed by atoms with van der Waals surface area (Å²) in [7, 11) is -0.606. The minimum absolute atomic E-state index is 0.0358. The molecule has 1 aliphatic rings. The predicted octanol–water partition coefficient (Wildman–Crippen LogP) is 5.30. The number of halogens is 4. The molecule has 0 spiro atoms. The summed E-state index contributed by atoms with van der Waals surface area (Å²) in [5.41, 5.74) is -0.940. The minimum atomic E-state index is -4.62. The van der Waals surface area contributed by atoms with E-state index in [9.17, 15) is 18.0 Å². The third-order valence-corrected chi connectivity index (χ3v) is 5.53. The van der Waals surface area contributed by atoms with Crippen LogP contribution in [-0.4, -0.2) is 24.4 Å². The highest BCUT2D eigenvalue weighted by molar-refractivity contribution is 6.62. The fraction of sp³-hybridized carbons (Fsp3) is 0.350. The van der Waals surface area contributed by atoms with Crippen molar-refractivity contribution < 1.29 is 27.3 Å². The van der Waals surface area contributed by atoms with E-state index in [0.717, 1.165) is 12.1 Å². The number of hydrogen-bond acceptors (Lipinski definition) is 3. The lowest BCUT2D eigenvalue weighted by Crippen LogP contribution is -2.41. The standard InChI is InChI=1S/C20H21BClF3N2O3/c1-18(2)19(3,4)30-21(29-18)12-6-5-7-13(10-12)26-17(28)27-14-8-9-16(22)15(11-14)20(23,24)25/h5-11H,1-4H3,(H2,26,27,28). The summed E-state index contributed by atoms with van der Waals surface area (Å²) in [6.07, 6.45) is -4.62. The van der Waals surface area contributed by atoms with Crippen molar-refractivity contribution in [3.63, 3.8) is 0 Å². The molecule has 2 aromatic carbocycles. The van der Waals surface area contributed by atoms with Crippen LogP contribution in [0.15, 0.2) is 42.5 Å². The van der Waals surface area contributed by atoms with Crippen molar-refractivity contribution in [2.24, 2.45) is 0 Å². The van der Waals surface area contributed by atoms with Crippen LogP contribution in [0, 0.1) is 0 Å². The summed E-state index contributed by atoms with van der Waals surface area (Å²) in [4.78, 5) is 12.3. The summed E-state index contributed by atoms with van der Waals surface area (Å²) in [5.74, 6) is 0. The number of hydrogen-bond donors (Lipinski definition) is 2. The van der Waals surface area contributed by atoms with Crippen molar-refractivity contribution in [2.45, 2.75) is 45.1 Å². The summed E-state index contributed by atoms with van der Waals surface area (Å²) in [6.45, 7) is 7.74. The number of carbonyl (C=O) groups is 1. The molecule has 2 amide bonds. The molecule has 0 aliphatic carbocycles. The SMILES string of the molecule is CC1(C)OB(c2cccc(NC(=O)Nc3ccc(Cl)c(C(F)(F)F)c3)c2)OC1(C)C. The Labute approximate surface area is 178 Å². The van der Waals surface area contributed by atoms with Crippen LogP contribution >= 0.6 is 11.6 Å². The van der Waals surface area contributed by atoms with E-state index in [1.54, 1.807) is 24.3 Å². The van der Waals surface area contributed by atoms with Crippen molar-refractivity contribution in [3.8, 4) is 0 Å². The lowest BCUT2D eigenvalue weighted by Gasteiger charge is -2.32. The molecule has 5 nitrogen and oxygen atoms in total. The fourth-order valence-corrected chi connectivity index (χ4v) is 3.08. The number of carbonyl (C=O) groups excluding carboxylic acids is 1. The van der Waals surface area contributed by atoms with Gasteiger partial charge in [-0.25, -0.2) is 4.79 Å². The van der Waals surface area contributed by atoms with E-state index in [0.29, 0.717) is 11.2 Å². The molecule has 0 bridgehead atoms. The molecule has 1 heterocycles. The van der Waals surface area contributed by atoms with Crippen LogP contribution in [0.3, 0.4) is 0 Å². The van der Waals surface area contributed by atoms with Crippen LogP contribution in [-0.2, 0) is 15.5 Å². The van der Waals surface area contributed by atoms with E-state index in [-0.39, 0.29) is 5.69 Å². The van der Waals surface area contributed by atoms with Crippen LogP contribution in [0.1, 0.15) is 33.3 Å². The molecule has 1 saturated heterocycles. The zero-order valence-electron chi connectivity index (χ0n) is 16.9. The van der Waals surface area contributed by atoms with Gasteiger partial charge in [-0.15, -0.1) is 0 Å². The molecule has 0 saturated carbocycles. The fourth-order valence-electron chi connectivity index (χ4n) is 2.86. The topological polar surface area (TPSA) is 59.6 Å². The van der Waals surface area contributed by atoms with Gasteiger partial charge in [0, 0.05) is 11.4 Å². The van der Waals surface area contributed by atoms with E-state index in [1.807, 2.05) is 27.7 Å². The molecule has 160 valence electrons. The largest absolute Gasteiger partial charge is 0.494 e. The van der Waals surface area contributed by atoms with Gasteiger partial charge in [0.25, 0.3) is 0 Å². The molecule has 0 unspecified atom stereocenters. The minimum Gasteiger partial charge on any atom is -0.399 e. The number of benzene rings is 2. The van der Waals surface area contributed by atoms with Crippen LogP contribution in [0.4, 0.5) is 29.3 Å². The molecular formula is C20H21BClF3N2O3. The van der Waals surface area contributed by atoms with Crippen molar-refractivity contribution in [1.29, 1.82) is 0 Å². The molecular weight excluding hydrogens is 419 g/mol. The Kier molecular flexibility index (Phi) is 5.83. The van der Waals surface area contributed by atoms with Crippen molar-refractivity contribution in [3.05, 3.63) is 53.1 Å². The van der Waals surface area contributed by atoms with Gasteiger partial charge in [0.1, 0.15) is 0 Å². The Morgan fingerprint density at radius 2 is 1.53 bits per heavy atom. The third-order valence-electron chi connectivity index (χ3n) is 5.20. The quantitative estimate of drug-likeness (QED) is 0.637. The highest BCUT2D eigenvalue weighted by Gasteiger charge is 2.51. The van der Waals surface area contributed by atoms with Gasteiger partial charge in [0.15, 0.2) is 0 Å². The molecule has 1 fully saturated rings. The van der Waals surface area contributed by atoms with Crippen molar-refractivity contribution >= 4 is 41.6 Å². The van der Waals surface area contributed by atoms with Gasteiger partial charge >= 0.3 is 19.3 Å². The Balaban J connectivity index is 1.71. The number of nitrogens with one attached hydrogen (secondary N) is 2.